The smallest absolute Gasteiger partial charge is 0.274 e. The number of hydrogen-bond donors (Lipinski definition) is 1. The zero-order valence-corrected chi connectivity index (χ0v) is 16.5. The number of rotatable bonds is 2. The van der Waals surface area contributed by atoms with Crippen molar-refractivity contribution in [1.82, 2.24) is 19.2 Å². The molecule has 0 unspecified atom stereocenters. The molecule has 0 radical (unpaired) electrons. The van der Waals surface area contributed by atoms with Crippen LogP contribution in [-0.4, -0.2) is 81.7 Å². The molecule has 2 saturated heterocycles. The normalized spacial score (nSPS) is 31.3. The van der Waals surface area contributed by atoms with Crippen LogP contribution in [0.1, 0.15) is 23.3 Å². The quantitative estimate of drug-likeness (QED) is 0.822. The Morgan fingerprint density at radius 3 is 2.68 bits per heavy atom. The molecule has 7 nitrogen and oxygen atoms in total. The Balaban J connectivity index is 1.30. The molecular formula is C20H25ClN4O3. The van der Waals surface area contributed by atoms with E-state index < -0.39 is 0 Å². The number of imidazole rings is 1. The number of aliphatic hydroxyl groups is 1. The van der Waals surface area contributed by atoms with Crippen LogP contribution in [0.15, 0.2) is 24.5 Å². The number of amides is 1. The molecule has 0 bridgehead atoms. The second-order valence-corrected chi connectivity index (χ2v) is 8.66. The third-order valence-electron chi connectivity index (χ3n) is 6.55. The average Bonchev–Trinajstić information content (AvgIpc) is 3.30. The number of hydrogen-bond acceptors (Lipinski definition) is 5. The van der Waals surface area contributed by atoms with Crippen LogP contribution >= 0.6 is 11.6 Å². The van der Waals surface area contributed by atoms with Gasteiger partial charge in [-0.05, 0) is 36.8 Å². The Bertz CT molecular complexity index is 881. The maximum Gasteiger partial charge on any atom is 0.274 e. The predicted octanol–water partition coefficient (Wildman–Crippen LogP) is 1.53. The van der Waals surface area contributed by atoms with E-state index in [4.69, 9.17) is 16.3 Å². The maximum atomic E-state index is 13.0. The van der Waals surface area contributed by atoms with Gasteiger partial charge in [0, 0.05) is 44.6 Å². The Labute approximate surface area is 168 Å². The molecule has 0 spiro atoms. The third-order valence-corrected chi connectivity index (χ3v) is 6.77. The molecule has 1 aliphatic carbocycles. The molecule has 8 heteroatoms. The van der Waals surface area contributed by atoms with Crippen molar-refractivity contribution >= 4 is 23.2 Å². The minimum Gasteiger partial charge on any atom is -0.391 e. The average molecular weight is 405 g/mol. The lowest BCUT2D eigenvalue weighted by molar-refractivity contribution is -0.0520. The second kappa shape index (κ2) is 7.30. The van der Waals surface area contributed by atoms with Gasteiger partial charge in [0.1, 0.15) is 11.3 Å². The summed E-state index contributed by atoms with van der Waals surface area (Å²) in [5, 5.41) is 11.3. The number of carbonyl (C=O) groups excluding carboxylic acids is 1. The van der Waals surface area contributed by atoms with Gasteiger partial charge in [0.05, 0.1) is 24.3 Å². The van der Waals surface area contributed by atoms with E-state index in [1.165, 1.54) is 0 Å². The molecule has 2 aromatic heterocycles. The van der Waals surface area contributed by atoms with Crippen LogP contribution in [0.5, 0.6) is 0 Å². The lowest BCUT2D eigenvalue weighted by Gasteiger charge is -2.43. The summed E-state index contributed by atoms with van der Waals surface area (Å²) < 4.78 is 7.24. The molecule has 0 aromatic carbocycles. The number of fused-ring (bicyclic) bond motifs is 2. The Hall–Kier alpha value is -1.67. The van der Waals surface area contributed by atoms with Crippen LogP contribution in [0.25, 0.3) is 5.65 Å². The number of halogens is 1. The van der Waals surface area contributed by atoms with Crippen LogP contribution in [-0.2, 0) is 4.74 Å². The van der Waals surface area contributed by atoms with E-state index in [-0.39, 0.29) is 18.1 Å². The van der Waals surface area contributed by atoms with Crippen molar-refractivity contribution in [2.45, 2.75) is 25.0 Å². The van der Waals surface area contributed by atoms with Gasteiger partial charge in [0.25, 0.3) is 5.91 Å². The highest BCUT2D eigenvalue weighted by Gasteiger charge is 2.45. The Kier molecular flexibility index (Phi) is 4.79. The van der Waals surface area contributed by atoms with Crippen LogP contribution in [0.2, 0.25) is 5.02 Å². The fourth-order valence-electron chi connectivity index (χ4n) is 5.10. The molecule has 4 heterocycles. The van der Waals surface area contributed by atoms with Crippen LogP contribution in [0.4, 0.5) is 0 Å². The van der Waals surface area contributed by atoms with Crippen LogP contribution in [0.3, 0.4) is 0 Å². The molecule has 2 aromatic rings. The molecular weight excluding hydrogens is 380 g/mol. The number of nitrogens with zero attached hydrogens (tertiary/aromatic N) is 4. The van der Waals surface area contributed by atoms with E-state index in [2.05, 4.69) is 9.88 Å². The standard InChI is InChI=1S/C20H25ClN4O3/c21-15-1-2-19-22-16(12-24(19)11-15)20(27)25-9-13-7-17(18(26)8-14(13)10-25)23-3-5-28-6-4-23/h1-2,11-14,17-18,26H,3-10H2/t13-,14+,17-,18-/m1/s1. The number of aromatic nitrogens is 2. The highest BCUT2D eigenvalue weighted by atomic mass is 35.5. The van der Waals surface area contributed by atoms with E-state index in [1.54, 1.807) is 22.9 Å². The summed E-state index contributed by atoms with van der Waals surface area (Å²) >= 11 is 6.03. The highest BCUT2D eigenvalue weighted by Crippen LogP contribution is 2.39. The summed E-state index contributed by atoms with van der Waals surface area (Å²) in [6.45, 7) is 4.67. The van der Waals surface area contributed by atoms with Crippen LogP contribution < -0.4 is 0 Å². The maximum absolute atomic E-state index is 13.0. The predicted molar refractivity (Wildman–Crippen MR) is 105 cm³/mol. The van der Waals surface area contributed by atoms with E-state index in [0.29, 0.717) is 34.7 Å². The fourth-order valence-corrected chi connectivity index (χ4v) is 5.27. The first-order chi connectivity index (χ1) is 13.6. The van der Waals surface area contributed by atoms with Gasteiger partial charge >= 0.3 is 0 Å². The molecule has 3 fully saturated rings. The van der Waals surface area contributed by atoms with E-state index in [0.717, 1.165) is 45.7 Å². The monoisotopic (exact) mass is 404 g/mol. The molecule has 5 rings (SSSR count). The summed E-state index contributed by atoms with van der Waals surface area (Å²) in [6, 6.07) is 3.76. The molecule has 3 aliphatic rings. The Morgan fingerprint density at radius 2 is 1.89 bits per heavy atom. The second-order valence-electron chi connectivity index (χ2n) is 8.22. The van der Waals surface area contributed by atoms with Gasteiger partial charge in [-0.3, -0.25) is 9.69 Å². The van der Waals surface area contributed by atoms with E-state index in [1.807, 2.05) is 11.0 Å². The molecule has 1 saturated carbocycles. The first kappa shape index (κ1) is 18.4. The molecule has 1 N–H and O–H groups in total. The lowest BCUT2D eigenvalue weighted by Crippen LogP contribution is -2.53. The highest BCUT2D eigenvalue weighted by molar-refractivity contribution is 6.30. The summed E-state index contributed by atoms with van der Waals surface area (Å²) in [5.74, 6) is 0.765. The topological polar surface area (TPSA) is 70.3 Å². The van der Waals surface area contributed by atoms with Gasteiger partial charge in [-0.25, -0.2) is 4.98 Å². The first-order valence-corrected chi connectivity index (χ1v) is 10.4. The zero-order chi connectivity index (χ0) is 19.3. The minimum absolute atomic E-state index is 0.0355. The molecule has 150 valence electrons. The third kappa shape index (κ3) is 3.30. The van der Waals surface area contributed by atoms with Crippen molar-refractivity contribution in [1.29, 1.82) is 0 Å². The Morgan fingerprint density at radius 1 is 1.14 bits per heavy atom. The van der Waals surface area contributed by atoms with Gasteiger partial charge in [-0.2, -0.15) is 0 Å². The van der Waals surface area contributed by atoms with Crippen molar-refractivity contribution < 1.29 is 14.6 Å². The number of ether oxygens (including phenoxy) is 1. The number of pyridine rings is 1. The molecule has 1 amide bonds. The number of likely N-dealkylation sites (tertiary alicyclic amines) is 1. The number of aliphatic hydroxyl groups excluding tert-OH is 1. The van der Waals surface area contributed by atoms with Crippen LogP contribution in [0, 0.1) is 11.8 Å². The summed E-state index contributed by atoms with van der Waals surface area (Å²) in [4.78, 5) is 21.8. The van der Waals surface area contributed by atoms with Gasteiger partial charge in [0.15, 0.2) is 0 Å². The largest absolute Gasteiger partial charge is 0.391 e. The van der Waals surface area contributed by atoms with Crippen molar-refractivity contribution in [3.8, 4) is 0 Å². The van der Waals surface area contributed by atoms with Crippen molar-refractivity contribution in [3.05, 3.63) is 35.2 Å². The fraction of sp³-hybridized carbons (Fsp3) is 0.600. The van der Waals surface area contributed by atoms with Gasteiger partial charge < -0.3 is 19.1 Å². The van der Waals surface area contributed by atoms with Crippen molar-refractivity contribution in [2.75, 3.05) is 39.4 Å². The van der Waals surface area contributed by atoms with E-state index in [9.17, 15) is 9.90 Å². The van der Waals surface area contributed by atoms with Crippen molar-refractivity contribution in [2.24, 2.45) is 11.8 Å². The van der Waals surface area contributed by atoms with E-state index >= 15 is 0 Å². The first-order valence-electron chi connectivity index (χ1n) is 10.0. The van der Waals surface area contributed by atoms with Gasteiger partial charge in [-0.15, -0.1) is 0 Å². The lowest BCUT2D eigenvalue weighted by atomic mass is 9.77. The van der Waals surface area contributed by atoms with Gasteiger partial charge in [0.2, 0.25) is 0 Å². The molecule has 28 heavy (non-hydrogen) atoms. The van der Waals surface area contributed by atoms with Gasteiger partial charge in [-0.1, -0.05) is 11.6 Å². The molecule has 4 atom stereocenters. The SMILES string of the molecule is O=C(c1cn2cc(Cl)ccc2n1)N1C[C@H]2C[C@@H](N3CCOCC3)[C@H](O)C[C@H]2C1. The summed E-state index contributed by atoms with van der Waals surface area (Å²) in [6.07, 6.45) is 4.88. The summed E-state index contributed by atoms with van der Waals surface area (Å²) in [5.41, 5.74) is 1.17. The molecule has 2 aliphatic heterocycles. The van der Waals surface area contributed by atoms with Crippen molar-refractivity contribution in [3.63, 3.8) is 0 Å². The number of carbonyl (C=O) groups is 1. The number of morpholine rings is 1. The zero-order valence-electron chi connectivity index (χ0n) is 15.7. The minimum atomic E-state index is -0.327. The summed E-state index contributed by atoms with van der Waals surface area (Å²) in [7, 11) is 0.